The normalized spacial score (nSPS) is 9.58. The standard InChI is InChI=1S/C6H8BrN3OS/c1-8-5(11)10(2)6-9-3-4(7)12-6/h3H,1-2H3,(H,8,11). The number of rotatable bonds is 1. The lowest BCUT2D eigenvalue weighted by Crippen LogP contribution is -2.34. The number of nitrogens with one attached hydrogen (secondary N) is 1. The second-order valence-electron chi connectivity index (χ2n) is 2.06. The number of thiazole rings is 1. The highest BCUT2D eigenvalue weighted by Gasteiger charge is 2.11. The second-order valence-corrected chi connectivity index (χ2v) is 4.45. The maximum absolute atomic E-state index is 11.1. The van der Waals surface area contributed by atoms with Crippen LogP contribution in [0.4, 0.5) is 9.93 Å². The van der Waals surface area contributed by atoms with Crippen LogP contribution in [0.3, 0.4) is 0 Å². The van der Waals surface area contributed by atoms with E-state index in [4.69, 9.17) is 0 Å². The van der Waals surface area contributed by atoms with Crippen molar-refractivity contribution in [2.24, 2.45) is 0 Å². The Morgan fingerprint density at radius 3 is 2.92 bits per heavy atom. The fourth-order valence-electron chi connectivity index (χ4n) is 0.656. The molecule has 0 saturated carbocycles. The molecule has 1 N–H and O–H groups in total. The summed E-state index contributed by atoms with van der Waals surface area (Å²) in [6.45, 7) is 0. The maximum Gasteiger partial charge on any atom is 0.323 e. The van der Waals surface area contributed by atoms with Gasteiger partial charge in [0, 0.05) is 14.1 Å². The minimum absolute atomic E-state index is 0.170. The van der Waals surface area contributed by atoms with Gasteiger partial charge in [0.15, 0.2) is 5.13 Å². The minimum atomic E-state index is -0.170. The van der Waals surface area contributed by atoms with E-state index in [1.165, 1.54) is 16.2 Å². The number of halogens is 1. The molecule has 0 spiro atoms. The third kappa shape index (κ3) is 1.95. The van der Waals surface area contributed by atoms with Crippen LogP contribution in [0.25, 0.3) is 0 Å². The van der Waals surface area contributed by atoms with E-state index in [2.05, 4.69) is 26.2 Å². The molecule has 0 aromatic carbocycles. The van der Waals surface area contributed by atoms with E-state index < -0.39 is 0 Å². The molecule has 1 heterocycles. The first-order valence-electron chi connectivity index (χ1n) is 3.22. The van der Waals surface area contributed by atoms with Crippen molar-refractivity contribution in [2.45, 2.75) is 0 Å². The number of anilines is 1. The molecule has 1 aromatic rings. The molecule has 6 heteroatoms. The Kier molecular flexibility index (Phi) is 3.05. The third-order valence-corrected chi connectivity index (χ3v) is 2.82. The Hall–Kier alpha value is -0.620. The molecule has 0 radical (unpaired) electrons. The molecule has 4 nitrogen and oxygen atoms in total. The monoisotopic (exact) mass is 249 g/mol. The summed E-state index contributed by atoms with van der Waals surface area (Å²) in [5.41, 5.74) is 0. The van der Waals surface area contributed by atoms with Crippen LogP contribution in [0.5, 0.6) is 0 Å². The first-order valence-corrected chi connectivity index (χ1v) is 4.83. The molecule has 0 aliphatic heterocycles. The van der Waals surface area contributed by atoms with Crippen LogP contribution in [0.15, 0.2) is 9.98 Å². The molecule has 0 saturated heterocycles. The summed E-state index contributed by atoms with van der Waals surface area (Å²) in [6, 6.07) is -0.170. The highest BCUT2D eigenvalue weighted by Crippen LogP contribution is 2.25. The van der Waals surface area contributed by atoms with E-state index in [-0.39, 0.29) is 6.03 Å². The zero-order valence-electron chi connectivity index (χ0n) is 6.67. The molecular weight excluding hydrogens is 242 g/mol. The molecule has 66 valence electrons. The number of hydrogen-bond acceptors (Lipinski definition) is 3. The topological polar surface area (TPSA) is 45.2 Å². The molecule has 12 heavy (non-hydrogen) atoms. The van der Waals surface area contributed by atoms with Crippen molar-refractivity contribution in [3.63, 3.8) is 0 Å². The van der Waals surface area contributed by atoms with Crippen LogP contribution in [-0.4, -0.2) is 25.1 Å². The highest BCUT2D eigenvalue weighted by atomic mass is 79.9. The van der Waals surface area contributed by atoms with E-state index in [0.717, 1.165) is 3.79 Å². The van der Waals surface area contributed by atoms with Crippen molar-refractivity contribution in [1.82, 2.24) is 10.3 Å². The van der Waals surface area contributed by atoms with Crippen LogP contribution in [0.2, 0.25) is 0 Å². The molecular formula is C6H8BrN3OS. The highest BCUT2D eigenvalue weighted by molar-refractivity contribution is 9.11. The minimum Gasteiger partial charge on any atom is -0.341 e. The number of urea groups is 1. The molecule has 0 atom stereocenters. The van der Waals surface area contributed by atoms with Crippen molar-refractivity contribution < 1.29 is 4.79 Å². The van der Waals surface area contributed by atoms with E-state index in [9.17, 15) is 4.79 Å². The number of amides is 2. The smallest absolute Gasteiger partial charge is 0.323 e. The predicted molar refractivity (Wildman–Crippen MR) is 52.7 cm³/mol. The summed E-state index contributed by atoms with van der Waals surface area (Å²) in [7, 11) is 3.26. The summed E-state index contributed by atoms with van der Waals surface area (Å²) in [5, 5.41) is 3.18. The number of carbonyl (C=O) groups excluding carboxylic acids is 1. The summed E-state index contributed by atoms with van der Waals surface area (Å²) >= 11 is 4.68. The van der Waals surface area contributed by atoms with Crippen LogP contribution in [0, 0.1) is 0 Å². The fraction of sp³-hybridized carbons (Fsp3) is 0.333. The SMILES string of the molecule is CNC(=O)N(C)c1ncc(Br)s1. The molecule has 1 aromatic heterocycles. The van der Waals surface area contributed by atoms with Gasteiger partial charge in [0.05, 0.1) is 9.98 Å². The van der Waals surface area contributed by atoms with Gasteiger partial charge in [-0.25, -0.2) is 9.78 Å². The Morgan fingerprint density at radius 1 is 1.83 bits per heavy atom. The third-order valence-electron chi connectivity index (χ3n) is 1.27. The predicted octanol–water partition coefficient (Wildman–Crippen LogP) is 1.68. The van der Waals surface area contributed by atoms with Gasteiger partial charge in [0.1, 0.15) is 0 Å². The van der Waals surface area contributed by atoms with Crippen molar-refractivity contribution >= 4 is 38.4 Å². The van der Waals surface area contributed by atoms with Crippen molar-refractivity contribution in [2.75, 3.05) is 19.0 Å². The van der Waals surface area contributed by atoms with Crippen molar-refractivity contribution in [3.8, 4) is 0 Å². The lowest BCUT2D eigenvalue weighted by molar-refractivity contribution is 0.249. The molecule has 0 bridgehead atoms. The summed E-state index contributed by atoms with van der Waals surface area (Å²) in [5.74, 6) is 0. The first kappa shape index (κ1) is 9.47. The summed E-state index contributed by atoms with van der Waals surface area (Å²) < 4.78 is 0.910. The number of nitrogens with zero attached hydrogens (tertiary/aromatic N) is 2. The van der Waals surface area contributed by atoms with Crippen molar-refractivity contribution in [1.29, 1.82) is 0 Å². The molecule has 0 fully saturated rings. The van der Waals surface area contributed by atoms with Gasteiger partial charge < -0.3 is 5.32 Å². The summed E-state index contributed by atoms with van der Waals surface area (Å²) in [6.07, 6.45) is 1.67. The van der Waals surface area contributed by atoms with Gasteiger partial charge in [0.25, 0.3) is 0 Å². The van der Waals surface area contributed by atoms with E-state index in [1.807, 2.05) is 0 Å². The van der Waals surface area contributed by atoms with Gasteiger partial charge in [-0.1, -0.05) is 11.3 Å². The van der Waals surface area contributed by atoms with Crippen LogP contribution >= 0.6 is 27.3 Å². The van der Waals surface area contributed by atoms with E-state index in [1.54, 1.807) is 20.3 Å². The zero-order chi connectivity index (χ0) is 9.14. The average Bonchev–Trinajstić information content (AvgIpc) is 2.49. The molecule has 1 rings (SSSR count). The molecule has 0 unspecified atom stereocenters. The van der Waals surface area contributed by atoms with Gasteiger partial charge in [0.2, 0.25) is 0 Å². The largest absolute Gasteiger partial charge is 0.341 e. The van der Waals surface area contributed by atoms with Gasteiger partial charge in [-0.05, 0) is 15.9 Å². The maximum atomic E-state index is 11.1. The molecule has 0 aliphatic carbocycles. The van der Waals surface area contributed by atoms with E-state index in [0.29, 0.717) is 5.13 Å². The Bertz CT molecular complexity index is 288. The first-order chi connectivity index (χ1) is 5.65. The average molecular weight is 250 g/mol. The van der Waals surface area contributed by atoms with Gasteiger partial charge in [-0.3, -0.25) is 4.90 Å². The molecule has 2 amide bonds. The van der Waals surface area contributed by atoms with Gasteiger partial charge >= 0.3 is 6.03 Å². The number of aromatic nitrogens is 1. The second kappa shape index (κ2) is 3.86. The summed E-state index contributed by atoms with van der Waals surface area (Å²) in [4.78, 5) is 16.6. The Balaban J connectivity index is 2.77. The van der Waals surface area contributed by atoms with E-state index >= 15 is 0 Å². The lowest BCUT2D eigenvalue weighted by Gasteiger charge is -2.11. The zero-order valence-corrected chi connectivity index (χ0v) is 9.07. The lowest BCUT2D eigenvalue weighted by atomic mass is 10.8. The van der Waals surface area contributed by atoms with Gasteiger partial charge in [-0.2, -0.15) is 0 Å². The van der Waals surface area contributed by atoms with Crippen molar-refractivity contribution in [3.05, 3.63) is 9.98 Å². The quantitative estimate of drug-likeness (QED) is 0.824. The van der Waals surface area contributed by atoms with Crippen LogP contribution in [-0.2, 0) is 0 Å². The molecule has 0 aliphatic rings. The van der Waals surface area contributed by atoms with Crippen LogP contribution in [0.1, 0.15) is 0 Å². The Labute approximate surface area is 82.7 Å². The fourth-order valence-corrected chi connectivity index (χ4v) is 1.80. The van der Waals surface area contributed by atoms with Gasteiger partial charge in [-0.15, -0.1) is 0 Å². The Morgan fingerprint density at radius 2 is 2.50 bits per heavy atom. The number of carbonyl (C=O) groups is 1. The van der Waals surface area contributed by atoms with Crippen LogP contribution < -0.4 is 10.2 Å². The number of hydrogen-bond donors (Lipinski definition) is 1.